The van der Waals surface area contributed by atoms with E-state index in [1.807, 2.05) is 0 Å². The molecule has 7 N–H and O–H groups in total. The van der Waals surface area contributed by atoms with Crippen LogP contribution in [0.3, 0.4) is 0 Å². The van der Waals surface area contributed by atoms with Crippen LogP contribution in [0.2, 0.25) is 0 Å². The van der Waals surface area contributed by atoms with E-state index in [2.05, 4.69) is 0 Å². The molecule has 0 aromatic heterocycles. The van der Waals surface area contributed by atoms with Crippen molar-refractivity contribution in [1.29, 1.82) is 0 Å². The molecule has 0 saturated carbocycles. The van der Waals surface area contributed by atoms with Gasteiger partial charge in [-0.15, -0.1) is 0 Å². The summed E-state index contributed by atoms with van der Waals surface area (Å²) < 4.78 is 27.6. The van der Waals surface area contributed by atoms with Crippen molar-refractivity contribution in [3.8, 4) is 0 Å². The van der Waals surface area contributed by atoms with Crippen LogP contribution >= 0.6 is 0 Å². The first-order valence-electron chi connectivity index (χ1n) is 10.5. The fourth-order valence-corrected chi connectivity index (χ4v) is 4.10. The summed E-state index contributed by atoms with van der Waals surface area (Å²) in [5.74, 6) is 0. The van der Waals surface area contributed by atoms with Gasteiger partial charge in [0.25, 0.3) is 0 Å². The average Bonchev–Trinajstić information content (AvgIpc) is 2.72. The van der Waals surface area contributed by atoms with E-state index >= 15 is 0 Å². The van der Waals surface area contributed by atoms with Crippen LogP contribution in [0.25, 0.3) is 0 Å². The second-order valence-corrected chi connectivity index (χ2v) is 8.60. The van der Waals surface area contributed by atoms with Crippen molar-refractivity contribution in [2.75, 3.05) is 0 Å². The maximum atomic E-state index is 10.8. The lowest BCUT2D eigenvalue weighted by atomic mass is 9.95. The van der Waals surface area contributed by atoms with Crippen LogP contribution in [0.5, 0.6) is 0 Å². The topological polar surface area (TPSA) is 188 Å². The van der Waals surface area contributed by atoms with E-state index in [-0.39, 0.29) is 0 Å². The number of ether oxygens (including phenoxy) is 5. The number of aliphatic hydroxyl groups is 7. The third-order valence-electron chi connectivity index (χ3n) is 6.24. The van der Waals surface area contributed by atoms with Gasteiger partial charge in [-0.25, -0.2) is 0 Å². The summed E-state index contributed by atoms with van der Waals surface area (Å²) in [7, 11) is 0. The lowest BCUT2D eigenvalue weighted by molar-refractivity contribution is -0.367. The number of hydrogen-bond acceptors (Lipinski definition) is 12. The van der Waals surface area contributed by atoms with Crippen LogP contribution in [0.1, 0.15) is 27.7 Å². The van der Waals surface area contributed by atoms with Crippen LogP contribution < -0.4 is 0 Å². The smallest absolute Gasteiger partial charge is 0.187 e. The van der Waals surface area contributed by atoms with Crippen LogP contribution in [0, 0.1) is 0 Å². The molecule has 0 radical (unpaired) electrons. The summed E-state index contributed by atoms with van der Waals surface area (Å²) in [6.45, 7) is 6.20. The highest BCUT2D eigenvalue weighted by atomic mass is 16.7. The Morgan fingerprint density at radius 3 is 1.26 bits per heavy atom. The Morgan fingerprint density at radius 1 is 0.419 bits per heavy atom. The third-order valence-corrected chi connectivity index (χ3v) is 6.24. The minimum atomic E-state index is -1.64. The summed E-state index contributed by atoms with van der Waals surface area (Å²) in [4.78, 5) is 0. The van der Waals surface area contributed by atoms with E-state index < -0.39 is 91.9 Å². The molecule has 0 bridgehead atoms. The molecule has 15 atom stereocenters. The van der Waals surface area contributed by atoms with Crippen molar-refractivity contribution in [3.63, 3.8) is 0 Å². The molecule has 0 aromatic carbocycles. The first-order valence-corrected chi connectivity index (χ1v) is 10.5. The molecule has 3 aliphatic rings. The van der Waals surface area contributed by atoms with E-state index in [9.17, 15) is 35.7 Å². The van der Waals surface area contributed by atoms with Crippen molar-refractivity contribution in [1.82, 2.24) is 0 Å². The largest absolute Gasteiger partial charge is 0.388 e. The molecular weight excluding hydrogens is 420 g/mol. The fourth-order valence-electron chi connectivity index (χ4n) is 4.10. The van der Waals surface area contributed by atoms with Crippen LogP contribution in [0.15, 0.2) is 0 Å². The summed E-state index contributed by atoms with van der Waals surface area (Å²) in [5, 5.41) is 72.0. The second-order valence-electron chi connectivity index (χ2n) is 8.60. The van der Waals surface area contributed by atoms with Gasteiger partial charge in [0, 0.05) is 0 Å². The Morgan fingerprint density at radius 2 is 0.774 bits per heavy atom. The monoisotopic (exact) mass is 454 g/mol. The fraction of sp³-hybridized carbons (Fsp3) is 1.00. The molecule has 0 aromatic rings. The zero-order valence-corrected chi connectivity index (χ0v) is 17.8. The van der Waals surface area contributed by atoms with E-state index in [1.165, 1.54) is 13.8 Å². The van der Waals surface area contributed by atoms with Crippen LogP contribution in [0.4, 0.5) is 0 Å². The molecule has 182 valence electrons. The van der Waals surface area contributed by atoms with Gasteiger partial charge < -0.3 is 59.4 Å². The first-order chi connectivity index (χ1) is 14.4. The minimum Gasteiger partial charge on any atom is -0.388 e. The maximum absolute atomic E-state index is 10.8. The molecule has 0 aliphatic carbocycles. The van der Waals surface area contributed by atoms with E-state index in [0.29, 0.717) is 0 Å². The molecule has 12 heteroatoms. The van der Waals surface area contributed by atoms with Gasteiger partial charge in [0.15, 0.2) is 12.6 Å². The van der Waals surface area contributed by atoms with Gasteiger partial charge in [-0.2, -0.15) is 0 Å². The Hall–Kier alpha value is -0.480. The first kappa shape index (κ1) is 25.1. The predicted molar refractivity (Wildman–Crippen MR) is 100 cm³/mol. The summed E-state index contributed by atoms with van der Waals surface area (Å²) in [5.41, 5.74) is 0. The van der Waals surface area contributed by atoms with E-state index in [4.69, 9.17) is 23.7 Å². The molecule has 3 rings (SSSR count). The Bertz CT molecular complexity index is 580. The van der Waals surface area contributed by atoms with Gasteiger partial charge in [0.05, 0.1) is 24.4 Å². The Balaban J connectivity index is 1.73. The Kier molecular flexibility index (Phi) is 7.94. The highest BCUT2D eigenvalue weighted by Crippen LogP contribution is 2.32. The molecule has 6 unspecified atom stereocenters. The standard InChI is InChI=1S/C19H34O12/c1-5-9(20)13(24)14(25)18(28-5)31-17-12(23)8(4)29-19(15(17)26)30-16-10(21)6(2)27-7(3)11(16)22/h5-26H,1-4H3/t5?,6?,7?,8?,9-,10-,11+,12-,13-,14-,15-,16-,17-,18?,19?/m0/s1. The summed E-state index contributed by atoms with van der Waals surface area (Å²) in [6.07, 6.45) is -18.3. The summed E-state index contributed by atoms with van der Waals surface area (Å²) in [6, 6.07) is 0. The van der Waals surface area contributed by atoms with E-state index in [1.54, 1.807) is 13.8 Å². The summed E-state index contributed by atoms with van der Waals surface area (Å²) >= 11 is 0. The zero-order valence-electron chi connectivity index (χ0n) is 17.8. The van der Waals surface area contributed by atoms with Crippen molar-refractivity contribution < 1.29 is 59.4 Å². The van der Waals surface area contributed by atoms with Crippen molar-refractivity contribution in [2.45, 2.75) is 120 Å². The van der Waals surface area contributed by atoms with Gasteiger partial charge in [-0.05, 0) is 27.7 Å². The molecule has 31 heavy (non-hydrogen) atoms. The lowest BCUT2D eigenvalue weighted by Gasteiger charge is -2.47. The van der Waals surface area contributed by atoms with Gasteiger partial charge in [-0.3, -0.25) is 0 Å². The minimum absolute atomic E-state index is 0.639. The average molecular weight is 454 g/mol. The molecule has 3 fully saturated rings. The van der Waals surface area contributed by atoms with Gasteiger partial charge in [-0.1, -0.05) is 0 Å². The third kappa shape index (κ3) is 4.90. The highest BCUT2D eigenvalue weighted by molar-refractivity contribution is 4.95. The molecule has 3 aliphatic heterocycles. The molecule has 3 saturated heterocycles. The Labute approximate surface area is 179 Å². The molecular formula is C19H34O12. The van der Waals surface area contributed by atoms with Crippen molar-refractivity contribution >= 4 is 0 Å². The lowest BCUT2D eigenvalue weighted by Crippen LogP contribution is -2.65. The van der Waals surface area contributed by atoms with E-state index in [0.717, 1.165) is 0 Å². The predicted octanol–water partition coefficient (Wildman–Crippen LogP) is -3.42. The molecule has 12 nitrogen and oxygen atoms in total. The molecule has 3 heterocycles. The van der Waals surface area contributed by atoms with Gasteiger partial charge >= 0.3 is 0 Å². The maximum Gasteiger partial charge on any atom is 0.187 e. The second kappa shape index (κ2) is 9.79. The quantitative estimate of drug-likeness (QED) is 0.223. The number of aliphatic hydroxyl groups excluding tert-OH is 7. The van der Waals surface area contributed by atoms with Gasteiger partial charge in [0.1, 0.15) is 54.9 Å². The van der Waals surface area contributed by atoms with Crippen LogP contribution in [-0.2, 0) is 23.7 Å². The SMILES string of the molecule is CC1OC(C)[C@H](O)[C@H](OC2OC(C)[C@H](O)[C@H](OC3OC(C)[C@H](O)[C@H](O)[C@@H]3O)[C@@H]2O)[C@@H]1O. The van der Waals surface area contributed by atoms with Crippen LogP contribution in [-0.4, -0.2) is 128 Å². The molecule has 0 spiro atoms. The highest BCUT2D eigenvalue weighted by Gasteiger charge is 2.51. The molecule has 0 amide bonds. The van der Waals surface area contributed by atoms with Gasteiger partial charge in [0.2, 0.25) is 0 Å². The van der Waals surface area contributed by atoms with Crippen molar-refractivity contribution in [2.24, 2.45) is 0 Å². The van der Waals surface area contributed by atoms with Crippen molar-refractivity contribution in [3.05, 3.63) is 0 Å². The zero-order chi connectivity index (χ0) is 23.2. The number of hydrogen-bond donors (Lipinski definition) is 7. The number of rotatable bonds is 4. The normalized spacial score (nSPS) is 56.4.